The van der Waals surface area contributed by atoms with Gasteiger partial charge in [-0.2, -0.15) is 0 Å². The van der Waals surface area contributed by atoms with Crippen LogP contribution in [0.25, 0.3) is 0 Å². The predicted octanol–water partition coefficient (Wildman–Crippen LogP) is 5.85. The third-order valence-electron chi connectivity index (χ3n) is 6.00. The molecule has 1 unspecified atom stereocenters. The van der Waals surface area contributed by atoms with Gasteiger partial charge in [0.1, 0.15) is 5.75 Å². The summed E-state index contributed by atoms with van der Waals surface area (Å²) in [7, 11) is 0. The first-order valence-corrected chi connectivity index (χ1v) is 11.8. The summed E-state index contributed by atoms with van der Waals surface area (Å²) in [5, 5.41) is 2.84. The second-order valence-electron chi connectivity index (χ2n) is 8.36. The van der Waals surface area contributed by atoms with E-state index in [1.807, 2.05) is 35.2 Å². The molecule has 2 aromatic carbocycles. The number of hydrogen-bond acceptors (Lipinski definition) is 3. The molecule has 0 saturated carbocycles. The number of halogens is 1. The van der Waals surface area contributed by atoms with Gasteiger partial charge in [-0.05, 0) is 76.9 Å². The van der Waals surface area contributed by atoms with E-state index in [0.717, 1.165) is 36.8 Å². The first kappa shape index (κ1) is 23.3. The molecule has 0 spiro atoms. The number of benzene rings is 2. The molecule has 2 aromatic rings. The molecule has 0 aliphatic carbocycles. The lowest BCUT2D eigenvalue weighted by Gasteiger charge is -2.30. The zero-order chi connectivity index (χ0) is 22.4. The third-order valence-corrected chi connectivity index (χ3v) is 6.62. The van der Waals surface area contributed by atoms with E-state index in [4.69, 9.17) is 4.74 Å². The number of likely N-dealkylation sites (tertiary alicyclic amines) is 1. The Labute approximate surface area is 193 Å². The summed E-state index contributed by atoms with van der Waals surface area (Å²) in [6.07, 6.45) is 3.08. The molecule has 1 heterocycles. The van der Waals surface area contributed by atoms with Crippen LogP contribution in [0.3, 0.4) is 0 Å². The Bertz CT molecular complexity index is 923. The SMILES string of the molecule is CCC(C)c1ccc(OCC(=O)Nc2ccccc2C(=O)N2CCC(C)CC2)c(Br)c1. The third kappa shape index (κ3) is 6.10. The number of ether oxygens (including phenoxy) is 1. The monoisotopic (exact) mass is 486 g/mol. The van der Waals surface area contributed by atoms with Crippen LogP contribution in [0.2, 0.25) is 0 Å². The number of nitrogens with one attached hydrogen (secondary N) is 1. The standard InChI is InChI=1S/C25H31BrN2O3/c1-4-18(3)19-9-10-23(21(26)15-19)31-16-24(29)27-22-8-6-5-7-20(22)25(30)28-13-11-17(2)12-14-28/h5-10,15,17-18H,4,11-14,16H2,1-3H3,(H,27,29). The Morgan fingerprint density at radius 1 is 1.19 bits per heavy atom. The number of para-hydroxylation sites is 1. The van der Waals surface area contributed by atoms with Crippen LogP contribution in [0.4, 0.5) is 5.69 Å². The van der Waals surface area contributed by atoms with E-state index in [0.29, 0.717) is 28.8 Å². The van der Waals surface area contributed by atoms with E-state index in [9.17, 15) is 9.59 Å². The van der Waals surface area contributed by atoms with Crippen LogP contribution in [0.5, 0.6) is 5.75 Å². The lowest BCUT2D eigenvalue weighted by atomic mass is 9.98. The van der Waals surface area contributed by atoms with Gasteiger partial charge in [-0.25, -0.2) is 0 Å². The van der Waals surface area contributed by atoms with Crippen molar-refractivity contribution >= 4 is 33.4 Å². The van der Waals surface area contributed by atoms with E-state index >= 15 is 0 Å². The van der Waals surface area contributed by atoms with Crippen molar-refractivity contribution in [3.8, 4) is 5.75 Å². The summed E-state index contributed by atoms with van der Waals surface area (Å²) in [6, 6.07) is 13.1. The molecule has 1 aliphatic rings. The first-order chi connectivity index (χ1) is 14.9. The number of amides is 2. The van der Waals surface area contributed by atoms with Crippen molar-refractivity contribution < 1.29 is 14.3 Å². The van der Waals surface area contributed by atoms with E-state index in [2.05, 4.69) is 42.0 Å². The summed E-state index contributed by atoms with van der Waals surface area (Å²) in [5.41, 5.74) is 2.26. The molecule has 1 atom stereocenters. The van der Waals surface area contributed by atoms with Crippen molar-refractivity contribution in [2.45, 2.75) is 46.0 Å². The predicted molar refractivity (Wildman–Crippen MR) is 128 cm³/mol. The number of anilines is 1. The summed E-state index contributed by atoms with van der Waals surface area (Å²) < 4.78 is 6.54. The highest BCUT2D eigenvalue weighted by molar-refractivity contribution is 9.10. The van der Waals surface area contributed by atoms with Crippen LogP contribution in [0, 0.1) is 5.92 Å². The molecular formula is C25H31BrN2O3. The van der Waals surface area contributed by atoms with Crippen molar-refractivity contribution in [2.24, 2.45) is 5.92 Å². The van der Waals surface area contributed by atoms with E-state index < -0.39 is 0 Å². The zero-order valence-corrected chi connectivity index (χ0v) is 20.1. The van der Waals surface area contributed by atoms with Crippen LogP contribution >= 0.6 is 15.9 Å². The molecule has 1 N–H and O–H groups in total. The van der Waals surface area contributed by atoms with Crippen LogP contribution in [-0.4, -0.2) is 36.4 Å². The maximum atomic E-state index is 13.0. The normalized spacial score (nSPS) is 15.4. The smallest absolute Gasteiger partial charge is 0.262 e. The van der Waals surface area contributed by atoms with Gasteiger partial charge in [0.25, 0.3) is 11.8 Å². The summed E-state index contributed by atoms with van der Waals surface area (Å²) in [4.78, 5) is 27.4. The maximum Gasteiger partial charge on any atom is 0.262 e. The molecule has 1 saturated heterocycles. The Hall–Kier alpha value is -2.34. The fourth-order valence-corrected chi connectivity index (χ4v) is 4.18. The van der Waals surface area contributed by atoms with Gasteiger partial charge < -0.3 is 15.0 Å². The second-order valence-corrected chi connectivity index (χ2v) is 9.21. The van der Waals surface area contributed by atoms with E-state index in [1.165, 1.54) is 5.56 Å². The van der Waals surface area contributed by atoms with Gasteiger partial charge in [0.2, 0.25) is 0 Å². The largest absolute Gasteiger partial charge is 0.483 e. The van der Waals surface area contributed by atoms with Crippen molar-refractivity contribution in [3.05, 3.63) is 58.1 Å². The molecular weight excluding hydrogens is 456 g/mol. The van der Waals surface area contributed by atoms with Crippen molar-refractivity contribution in [1.82, 2.24) is 4.90 Å². The van der Waals surface area contributed by atoms with Gasteiger partial charge in [-0.15, -0.1) is 0 Å². The average Bonchev–Trinajstić information content (AvgIpc) is 2.78. The van der Waals surface area contributed by atoms with Crippen LogP contribution in [0.1, 0.15) is 61.9 Å². The fourth-order valence-electron chi connectivity index (χ4n) is 3.67. The molecule has 0 bridgehead atoms. The van der Waals surface area contributed by atoms with Crippen LogP contribution in [-0.2, 0) is 4.79 Å². The minimum absolute atomic E-state index is 0.0351. The van der Waals surface area contributed by atoms with Crippen LogP contribution < -0.4 is 10.1 Å². The highest BCUT2D eigenvalue weighted by Gasteiger charge is 2.23. The lowest BCUT2D eigenvalue weighted by molar-refractivity contribution is -0.118. The average molecular weight is 487 g/mol. The minimum Gasteiger partial charge on any atom is -0.483 e. The number of piperidine rings is 1. The van der Waals surface area contributed by atoms with Crippen molar-refractivity contribution in [3.63, 3.8) is 0 Å². The zero-order valence-electron chi connectivity index (χ0n) is 18.5. The molecule has 1 fully saturated rings. The molecule has 3 rings (SSSR count). The summed E-state index contributed by atoms with van der Waals surface area (Å²) >= 11 is 3.53. The van der Waals surface area contributed by atoms with Gasteiger partial charge in [0, 0.05) is 13.1 Å². The van der Waals surface area contributed by atoms with Crippen molar-refractivity contribution in [1.29, 1.82) is 0 Å². The minimum atomic E-state index is -0.301. The number of hydrogen-bond donors (Lipinski definition) is 1. The number of carbonyl (C=O) groups is 2. The van der Waals surface area contributed by atoms with E-state index in [1.54, 1.807) is 12.1 Å². The summed E-state index contributed by atoms with van der Waals surface area (Å²) in [5.74, 6) is 1.40. The van der Waals surface area contributed by atoms with Crippen LogP contribution in [0.15, 0.2) is 46.9 Å². The van der Waals surface area contributed by atoms with E-state index in [-0.39, 0.29) is 18.4 Å². The number of nitrogens with zero attached hydrogens (tertiary/aromatic N) is 1. The molecule has 6 heteroatoms. The van der Waals surface area contributed by atoms with Gasteiger partial charge >= 0.3 is 0 Å². The molecule has 166 valence electrons. The number of rotatable bonds is 7. The molecule has 31 heavy (non-hydrogen) atoms. The molecule has 5 nitrogen and oxygen atoms in total. The number of carbonyl (C=O) groups excluding carboxylic acids is 2. The second kappa shape index (κ2) is 10.8. The van der Waals surface area contributed by atoms with Gasteiger partial charge in [0.15, 0.2) is 6.61 Å². The molecule has 2 amide bonds. The van der Waals surface area contributed by atoms with Crippen molar-refractivity contribution in [2.75, 3.05) is 25.0 Å². The topological polar surface area (TPSA) is 58.6 Å². The first-order valence-electron chi connectivity index (χ1n) is 11.0. The fraction of sp³-hybridized carbons (Fsp3) is 0.440. The molecule has 1 aliphatic heterocycles. The van der Waals surface area contributed by atoms with Gasteiger partial charge in [-0.3, -0.25) is 9.59 Å². The lowest BCUT2D eigenvalue weighted by Crippen LogP contribution is -2.38. The quantitative estimate of drug-likeness (QED) is 0.533. The highest BCUT2D eigenvalue weighted by Crippen LogP contribution is 2.30. The molecule has 0 radical (unpaired) electrons. The molecule has 0 aromatic heterocycles. The maximum absolute atomic E-state index is 13.0. The Morgan fingerprint density at radius 3 is 2.58 bits per heavy atom. The summed E-state index contributed by atoms with van der Waals surface area (Å²) in [6.45, 7) is 7.93. The Kier molecular flexibility index (Phi) is 8.13. The highest BCUT2D eigenvalue weighted by atomic mass is 79.9. The van der Waals surface area contributed by atoms with Gasteiger partial charge in [-0.1, -0.05) is 39.0 Å². The van der Waals surface area contributed by atoms with Gasteiger partial charge in [0.05, 0.1) is 15.7 Å². The Morgan fingerprint density at radius 2 is 1.90 bits per heavy atom. The Balaban J connectivity index is 1.62.